The number of hydrogen-bond donors (Lipinski definition) is 4. The number of aliphatic carboxylic acids is 1. The lowest BCUT2D eigenvalue weighted by Crippen LogP contribution is -2.31. The minimum absolute atomic E-state index is 0. The number of carbonyl (C=O) groups excluding carboxylic acids is 1. The molecule has 0 heterocycles. The van der Waals surface area contributed by atoms with Crippen LogP contribution in [-0.2, 0) is 9.59 Å². The van der Waals surface area contributed by atoms with E-state index >= 15 is 0 Å². The van der Waals surface area contributed by atoms with Crippen LogP contribution in [0.3, 0.4) is 0 Å². The predicted octanol–water partition coefficient (Wildman–Crippen LogP) is -1.51. The van der Waals surface area contributed by atoms with Gasteiger partial charge in [0.25, 0.3) is 0 Å². The van der Waals surface area contributed by atoms with E-state index in [0.717, 1.165) is 0 Å². The van der Waals surface area contributed by atoms with Crippen LogP contribution in [0.4, 0.5) is 0 Å². The van der Waals surface area contributed by atoms with Crippen molar-refractivity contribution in [2.75, 3.05) is 0 Å². The van der Waals surface area contributed by atoms with Gasteiger partial charge in [0.15, 0.2) is 0 Å². The molecule has 1 atom stereocenters. The lowest BCUT2D eigenvalue weighted by Gasteiger charge is -2.01. The highest BCUT2D eigenvalue weighted by atomic mass is 16.4. The minimum Gasteiger partial charge on any atom is -0.480 e. The topological polar surface area (TPSA) is 136 Å². The number of carboxylic acids is 1. The molecule has 6 nitrogen and oxygen atoms in total. The molecule has 0 spiro atoms. The second-order valence-electron chi connectivity index (χ2n) is 1.95. The van der Waals surface area contributed by atoms with E-state index in [1.165, 1.54) is 0 Å². The Morgan fingerprint density at radius 1 is 1.45 bits per heavy atom. The van der Waals surface area contributed by atoms with Crippen LogP contribution in [-0.4, -0.2) is 28.5 Å². The highest BCUT2D eigenvalue weighted by Gasteiger charge is 2.11. The molecule has 0 saturated carbocycles. The van der Waals surface area contributed by atoms with Crippen molar-refractivity contribution in [3.8, 4) is 0 Å². The zero-order valence-corrected chi connectivity index (χ0v) is 5.86. The van der Waals surface area contributed by atoms with Crippen molar-refractivity contribution < 1.29 is 20.2 Å². The van der Waals surface area contributed by atoms with E-state index in [0.29, 0.717) is 0 Å². The maximum Gasteiger partial charge on any atom is 0.320 e. The molecular weight excluding hydrogens is 152 g/mol. The second kappa shape index (κ2) is 5.63. The van der Waals surface area contributed by atoms with Crippen molar-refractivity contribution in [3.05, 3.63) is 0 Å². The number of nitrogens with two attached hydrogens (primary N) is 2. The average molecular weight is 163 g/mol. The quantitative estimate of drug-likeness (QED) is 0.400. The van der Waals surface area contributed by atoms with E-state index in [2.05, 4.69) is 0 Å². The molecule has 0 aliphatic heterocycles. The lowest BCUT2D eigenvalue weighted by molar-refractivity contribution is -0.138. The molecule has 0 unspecified atom stereocenters. The van der Waals surface area contributed by atoms with Gasteiger partial charge in [-0.15, -0.1) is 0 Å². The number of amides is 1. The molecule has 0 aliphatic carbocycles. The first-order valence-electron chi connectivity index (χ1n) is 2.80. The largest absolute Gasteiger partial charge is 0.480 e. The molecular formula is C5H11N2O4. The molecule has 1 amide bonds. The molecule has 6 N–H and O–H groups in total. The highest BCUT2D eigenvalue weighted by Crippen LogP contribution is 1.92. The Hall–Kier alpha value is -1.14. The van der Waals surface area contributed by atoms with Crippen LogP contribution in [0.15, 0.2) is 0 Å². The van der Waals surface area contributed by atoms with Gasteiger partial charge < -0.3 is 16.6 Å². The maximum atomic E-state index is 10.1. The molecule has 0 aromatic carbocycles. The lowest BCUT2D eigenvalue weighted by atomic mass is 10.2. The molecule has 6 heteroatoms. The fourth-order valence-corrected chi connectivity index (χ4v) is 0.421. The van der Waals surface area contributed by atoms with Gasteiger partial charge in [0.1, 0.15) is 6.04 Å². The van der Waals surface area contributed by atoms with Crippen LogP contribution >= 0.6 is 0 Å². The molecule has 11 heavy (non-hydrogen) atoms. The maximum absolute atomic E-state index is 10.1. The molecule has 1 radical (unpaired) electrons. The third-order valence-electron chi connectivity index (χ3n) is 1.02. The van der Waals surface area contributed by atoms with Crippen molar-refractivity contribution in [2.24, 2.45) is 11.5 Å². The average Bonchev–Trinajstić information content (AvgIpc) is 1.82. The van der Waals surface area contributed by atoms with E-state index in [-0.39, 0.29) is 18.3 Å². The first-order chi connectivity index (χ1) is 4.54. The van der Waals surface area contributed by atoms with Crippen LogP contribution in [0.1, 0.15) is 12.8 Å². The second-order valence-corrected chi connectivity index (χ2v) is 1.95. The monoisotopic (exact) mass is 163 g/mol. The Morgan fingerprint density at radius 2 is 1.91 bits per heavy atom. The Balaban J connectivity index is 0. The number of carboxylic acid groups (broad SMARTS) is 1. The Kier molecular flexibility index (Phi) is 6.41. The standard InChI is InChI=1S/C5H10N2O3.HO/c6-3(5(9)10)1-2-4(7)8;/h3H,1-2,6H2,(H2,7,8)(H,9,10);1H/t3-;/m0./s1. The van der Waals surface area contributed by atoms with E-state index in [1.54, 1.807) is 0 Å². The third kappa shape index (κ3) is 6.75. The molecule has 0 aromatic rings. The minimum atomic E-state index is -1.11. The van der Waals surface area contributed by atoms with E-state index < -0.39 is 17.9 Å². The molecule has 0 fully saturated rings. The first-order valence-corrected chi connectivity index (χ1v) is 2.80. The molecule has 0 rings (SSSR count). The summed E-state index contributed by atoms with van der Waals surface area (Å²) in [6.07, 6.45) is 0.123. The number of carbonyl (C=O) groups is 2. The van der Waals surface area contributed by atoms with Gasteiger partial charge in [0, 0.05) is 6.42 Å². The fourth-order valence-electron chi connectivity index (χ4n) is 0.421. The summed E-state index contributed by atoms with van der Waals surface area (Å²) < 4.78 is 0. The SMILES string of the molecule is NC(=O)CC[C@H](N)C(=O)O.[OH]. The van der Waals surface area contributed by atoms with Crippen molar-refractivity contribution in [1.29, 1.82) is 0 Å². The van der Waals surface area contributed by atoms with Crippen molar-refractivity contribution in [2.45, 2.75) is 18.9 Å². The summed E-state index contributed by atoms with van der Waals surface area (Å²) in [5.74, 6) is -1.64. The van der Waals surface area contributed by atoms with Crippen molar-refractivity contribution in [3.63, 3.8) is 0 Å². The molecule has 0 saturated heterocycles. The van der Waals surface area contributed by atoms with E-state index in [1.807, 2.05) is 0 Å². The normalized spacial score (nSPS) is 11.4. The third-order valence-corrected chi connectivity index (χ3v) is 1.02. The van der Waals surface area contributed by atoms with Gasteiger partial charge in [-0.2, -0.15) is 0 Å². The van der Waals surface area contributed by atoms with Crippen molar-refractivity contribution in [1.82, 2.24) is 0 Å². The number of rotatable bonds is 4. The van der Waals surface area contributed by atoms with Crippen molar-refractivity contribution >= 4 is 11.9 Å². The smallest absolute Gasteiger partial charge is 0.320 e. The van der Waals surface area contributed by atoms with E-state index in [4.69, 9.17) is 16.6 Å². The number of primary amides is 1. The molecule has 0 aliphatic rings. The van der Waals surface area contributed by atoms with Gasteiger partial charge in [-0.3, -0.25) is 15.1 Å². The van der Waals surface area contributed by atoms with Crippen LogP contribution in [0.5, 0.6) is 0 Å². The Labute approximate surface area is 63.5 Å². The summed E-state index contributed by atoms with van der Waals surface area (Å²) >= 11 is 0. The van der Waals surface area contributed by atoms with Crippen LogP contribution in [0.25, 0.3) is 0 Å². The van der Waals surface area contributed by atoms with Gasteiger partial charge in [0.2, 0.25) is 5.91 Å². The van der Waals surface area contributed by atoms with Gasteiger partial charge in [-0.1, -0.05) is 0 Å². The number of hydrogen-bond acceptors (Lipinski definition) is 3. The molecule has 0 bridgehead atoms. The summed E-state index contributed by atoms with van der Waals surface area (Å²) in [7, 11) is 0. The zero-order chi connectivity index (χ0) is 8.15. The van der Waals surface area contributed by atoms with Gasteiger partial charge in [-0.05, 0) is 6.42 Å². The summed E-state index contributed by atoms with van der Waals surface area (Å²) in [5.41, 5.74) is 9.81. The van der Waals surface area contributed by atoms with Gasteiger partial charge >= 0.3 is 5.97 Å². The summed E-state index contributed by atoms with van der Waals surface area (Å²) in [6.45, 7) is 0. The summed E-state index contributed by atoms with van der Waals surface area (Å²) in [4.78, 5) is 20.1. The van der Waals surface area contributed by atoms with Crippen LogP contribution < -0.4 is 11.5 Å². The van der Waals surface area contributed by atoms with E-state index in [9.17, 15) is 9.59 Å². The molecule has 65 valence electrons. The van der Waals surface area contributed by atoms with Crippen LogP contribution in [0, 0.1) is 0 Å². The summed E-state index contributed by atoms with van der Waals surface area (Å²) in [6, 6.07) is -0.979. The Bertz CT molecular complexity index is 147. The zero-order valence-electron chi connectivity index (χ0n) is 5.86. The predicted molar refractivity (Wildman–Crippen MR) is 36.0 cm³/mol. The first kappa shape index (κ1) is 12.5. The fraction of sp³-hybridized carbons (Fsp3) is 0.600. The van der Waals surface area contributed by atoms with Gasteiger partial charge in [0.05, 0.1) is 0 Å². The van der Waals surface area contributed by atoms with Gasteiger partial charge in [-0.25, -0.2) is 0 Å². The van der Waals surface area contributed by atoms with Crippen LogP contribution in [0.2, 0.25) is 0 Å². The Morgan fingerprint density at radius 3 is 2.18 bits per heavy atom. The molecule has 0 aromatic heterocycles. The highest BCUT2D eigenvalue weighted by molar-refractivity contribution is 5.76. The summed E-state index contributed by atoms with van der Waals surface area (Å²) in [5, 5.41) is 8.22.